The van der Waals surface area contributed by atoms with E-state index < -0.39 is 0 Å². The van der Waals surface area contributed by atoms with Crippen LogP contribution in [0.25, 0.3) is 0 Å². The molecular weight excluding hydrogens is 293 g/mol. The Labute approximate surface area is 134 Å². The zero-order chi connectivity index (χ0) is 16.0. The summed E-state index contributed by atoms with van der Waals surface area (Å²) >= 11 is 0. The van der Waals surface area contributed by atoms with Crippen LogP contribution in [0.4, 0.5) is 4.39 Å². The molecule has 1 aliphatic carbocycles. The van der Waals surface area contributed by atoms with Crippen molar-refractivity contribution >= 4 is 5.91 Å². The van der Waals surface area contributed by atoms with Crippen LogP contribution in [0.15, 0.2) is 36.7 Å². The van der Waals surface area contributed by atoms with Crippen LogP contribution in [0, 0.1) is 11.7 Å². The van der Waals surface area contributed by atoms with Crippen molar-refractivity contribution in [2.45, 2.75) is 31.2 Å². The lowest BCUT2D eigenvalue weighted by Crippen LogP contribution is -2.32. The molecule has 4 rings (SSSR count). The van der Waals surface area contributed by atoms with E-state index in [1.54, 1.807) is 16.8 Å². The molecule has 4 nitrogen and oxygen atoms in total. The Balaban J connectivity index is 1.49. The van der Waals surface area contributed by atoms with E-state index >= 15 is 0 Å². The van der Waals surface area contributed by atoms with E-state index in [2.05, 4.69) is 5.10 Å². The number of halogens is 1. The number of benzene rings is 1. The molecule has 1 amide bonds. The van der Waals surface area contributed by atoms with Gasteiger partial charge in [0.15, 0.2) is 0 Å². The van der Waals surface area contributed by atoms with Gasteiger partial charge >= 0.3 is 0 Å². The zero-order valence-corrected chi connectivity index (χ0v) is 13.2. The molecule has 2 aliphatic rings. The van der Waals surface area contributed by atoms with Gasteiger partial charge in [-0.3, -0.25) is 9.48 Å². The normalized spacial score (nSPS) is 26.5. The number of carbonyl (C=O) groups is 1. The fourth-order valence-electron chi connectivity index (χ4n) is 3.78. The minimum absolute atomic E-state index is 0.00840. The molecule has 120 valence electrons. The van der Waals surface area contributed by atoms with Gasteiger partial charge in [-0.05, 0) is 42.9 Å². The van der Waals surface area contributed by atoms with Gasteiger partial charge in [0.25, 0.3) is 0 Å². The quantitative estimate of drug-likeness (QED) is 0.873. The van der Waals surface area contributed by atoms with Crippen molar-refractivity contribution in [3.8, 4) is 0 Å². The average molecular weight is 313 g/mol. The Bertz CT molecular complexity index is 741. The van der Waals surface area contributed by atoms with Crippen molar-refractivity contribution in [1.29, 1.82) is 0 Å². The molecule has 1 saturated heterocycles. The molecule has 2 heterocycles. The Kier molecular flexibility index (Phi) is 3.43. The summed E-state index contributed by atoms with van der Waals surface area (Å²) in [4.78, 5) is 14.9. The molecule has 5 heteroatoms. The fourth-order valence-corrected chi connectivity index (χ4v) is 3.78. The molecule has 0 spiro atoms. The first-order valence-corrected chi connectivity index (χ1v) is 8.18. The maximum Gasteiger partial charge on any atom is 0.226 e. The molecule has 1 aromatic heterocycles. The van der Waals surface area contributed by atoms with Gasteiger partial charge in [-0.25, -0.2) is 4.39 Å². The Morgan fingerprint density at radius 1 is 1.35 bits per heavy atom. The molecule has 2 fully saturated rings. The number of likely N-dealkylation sites (tertiary alicyclic amines) is 1. The smallest absolute Gasteiger partial charge is 0.226 e. The van der Waals surface area contributed by atoms with Crippen LogP contribution in [-0.2, 0) is 11.8 Å². The highest BCUT2D eigenvalue weighted by atomic mass is 19.1. The van der Waals surface area contributed by atoms with Crippen LogP contribution in [0.2, 0.25) is 0 Å². The van der Waals surface area contributed by atoms with Crippen LogP contribution in [0.3, 0.4) is 0 Å². The molecule has 1 aromatic carbocycles. The fraction of sp³-hybridized carbons (Fsp3) is 0.444. The first-order valence-electron chi connectivity index (χ1n) is 8.18. The van der Waals surface area contributed by atoms with E-state index in [1.807, 2.05) is 30.4 Å². The van der Waals surface area contributed by atoms with Gasteiger partial charge in [-0.15, -0.1) is 0 Å². The van der Waals surface area contributed by atoms with Gasteiger partial charge in [0.1, 0.15) is 5.82 Å². The van der Waals surface area contributed by atoms with Crippen LogP contribution >= 0.6 is 0 Å². The summed E-state index contributed by atoms with van der Waals surface area (Å²) < 4.78 is 15.1. The average Bonchev–Trinajstić information content (AvgIpc) is 2.97. The maximum atomic E-state index is 13.4. The van der Waals surface area contributed by atoms with Crippen molar-refractivity contribution in [3.63, 3.8) is 0 Å². The molecule has 0 bridgehead atoms. The molecule has 1 aliphatic heterocycles. The molecule has 3 atom stereocenters. The topological polar surface area (TPSA) is 38.1 Å². The Hall–Kier alpha value is -2.17. The van der Waals surface area contributed by atoms with Crippen molar-refractivity contribution in [1.82, 2.24) is 14.7 Å². The minimum Gasteiger partial charge on any atom is -0.335 e. The van der Waals surface area contributed by atoms with Crippen molar-refractivity contribution in [2.24, 2.45) is 13.0 Å². The highest BCUT2D eigenvalue weighted by Crippen LogP contribution is 2.50. The van der Waals surface area contributed by atoms with Gasteiger partial charge in [0.05, 0.1) is 12.2 Å². The Morgan fingerprint density at radius 3 is 2.96 bits per heavy atom. The number of aromatic nitrogens is 2. The summed E-state index contributed by atoms with van der Waals surface area (Å²) in [6.07, 6.45) is 6.70. The van der Waals surface area contributed by atoms with E-state index in [9.17, 15) is 9.18 Å². The van der Waals surface area contributed by atoms with Crippen molar-refractivity contribution in [2.75, 3.05) is 6.54 Å². The predicted octanol–water partition coefficient (Wildman–Crippen LogP) is 3.03. The highest BCUT2D eigenvalue weighted by Gasteiger charge is 2.47. The second kappa shape index (κ2) is 5.48. The third kappa shape index (κ3) is 2.64. The van der Waals surface area contributed by atoms with E-state index in [1.165, 1.54) is 6.07 Å². The van der Waals surface area contributed by atoms with Crippen LogP contribution < -0.4 is 0 Å². The van der Waals surface area contributed by atoms with Crippen LogP contribution in [0.5, 0.6) is 0 Å². The lowest BCUT2D eigenvalue weighted by molar-refractivity contribution is -0.133. The summed E-state index contributed by atoms with van der Waals surface area (Å²) in [6, 6.07) is 6.79. The summed E-state index contributed by atoms with van der Waals surface area (Å²) in [5.74, 6) is 0.169. The molecular formula is C18H20FN3O. The zero-order valence-electron chi connectivity index (χ0n) is 13.2. The number of carbonyl (C=O) groups excluding carboxylic acids is 1. The Morgan fingerprint density at radius 2 is 2.22 bits per heavy atom. The molecule has 3 unspecified atom stereocenters. The summed E-state index contributed by atoms with van der Waals surface area (Å²) in [6.45, 7) is 0.810. The largest absolute Gasteiger partial charge is 0.335 e. The molecule has 0 radical (unpaired) electrons. The van der Waals surface area contributed by atoms with E-state index in [0.29, 0.717) is 0 Å². The van der Waals surface area contributed by atoms with Gasteiger partial charge < -0.3 is 4.90 Å². The van der Waals surface area contributed by atoms with Crippen LogP contribution in [-0.4, -0.2) is 27.1 Å². The lowest BCUT2D eigenvalue weighted by Gasteiger charge is -2.24. The van der Waals surface area contributed by atoms with Gasteiger partial charge in [0, 0.05) is 31.3 Å². The molecule has 2 aromatic rings. The van der Waals surface area contributed by atoms with Gasteiger partial charge in [-0.1, -0.05) is 12.1 Å². The summed E-state index contributed by atoms with van der Waals surface area (Å²) in [5.41, 5.74) is 2.06. The predicted molar refractivity (Wildman–Crippen MR) is 84.1 cm³/mol. The maximum absolute atomic E-state index is 13.4. The minimum atomic E-state index is -0.227. The number of aryl methyl sites for hydroxylation is 1. The third-order valence-electron chi connectivity index (χ3n) is 5.03. The summed E-state index contributed by atoms with van der Waals surface area (Å²) in [5, 5.41) is 4.22. The second-order valence-electron chi connectivity index (χ2n) is 6.64. The van der Waals surface area contributed by atoms with E-state index in [4.69, 9.17) is 0 Å². The summed E-state index contributed by atoms with van der Waals surface area (Å²) in [7, 11) is 1.89. The van der Waals surface area contributed by atoms with Crippen LogP contribution in [0.1, 0.15) is 42.3 Å². The highest BCUT2D eigenvalue weighted by molar-refractivity contribution is 5.83. The first kappa shape index (κ1) is 14.4. The monoisotopic (exact) mass is 313 g/mol. The number of hydrogen-bond donors (Lipinski definition) is 0. The van der Waals surface area contributed by atoms with E-state index in [0.717, 1.165) is 36.9 Å². The number of nitrogens with zero attached hydrogens (tertiary/aromatic N) is 3. The standard InChI is InChI=1S/C18H20FN3O/c1-21-11-13(10-20-21)17-6-3-7-22(17)18(23)16-9-15(16)12-4-2-5-14(19)8-12/h2,4-5,8,10-11,15-17H,3,6-7,9H2,1H3. The third-order valence-corrected chi connectivity index (χ3v) is 5.03. The molecule has 23 heavy (non-hydrogen) atoms. The number of amides is 1. The van der Waals surface area contributed by atoms with Crippen molar-refractivity contribution in [3.05, 3.63) is 53.6 Å². The van der Waals surface area contributed by atoms with Crippen molar-refractivity contribution < 1.29 is 9.18 Å². The number of rotatable bonds is 3. The number of hydrogen-bond acceptors (Lipinski definition) is 2. The lowest BCUT2D eigenvalue weighted by atomic mass is 10.1. The first-order chi connectivity index (χ1) is 11.1. The van der Waals surface area contributed by atoms with Gasteiger partial charge in [0.2, 0.25) is 5.91 Å². The molecule has 1 saturated carbocycles. The van der Waals surface area contributed by atoms with E-state index in [-0.39, 0.29) is 29.6 Å². The SMILES string of the molecule is Cn1cc(C2CCCN2C(=O)C2CC2c2cccc(F)c2)cn1. The molecule has 0 N–H and O–H groups in total. The van der Waals surface area contributed by atoms with Gasteiger partial charge in [-0.2, -0.15) is 5.10 Å². The second-order valence-corrected chi connectivity index (χ2v) is 6.64.